The number of nitrogens with one attached hydrogen (secondary N) is 1. The molecule has 0 bridgehead atoms. The van der Waals surface area contributed by atoms with Gasteiger partial charge in [0.05, 0.1) is 11.9 Å². The molecule has 108 valence electrons. The summed E-state index contributed by atoms with van der Waals surface area (Å²) in [6, 6.07) is 1.24. The molecule has 2 rings (SSSR count). The summed E-state index contributed by atoms with van der Waals surface area (Å²) in [5, 5.41) is 20.4. The second-order valence-corrected chi connectivity index (χ2v) is 5.03. The molecule has 7 heteroatoms. The summed E-state index contributed by atoms with van der Waals surface area (Å²) in [4.78, 5) is 11.3. The largest absolute Gasteiger partial charge is 0.502 e. The van der Waals surface area contributed by atoms with Crippen molar-refractivity contribution in [3.63, 3.8) is 0 Å². The second kappa shape index (κ2) is 6.33. The van der Waals surface area contributed by atoms with Gasteiger partial charge in [-0.3, -0.25) is 4.79 Å². The topological polar surface area (TPSA) is 93.2 Å². The molecule has 0 saturated heterocycles. The van der Waals surface area contributed by atoms with Gasteiger partial charge in [-0.1, -0.05) is 19.1 Å². The lowest BCUT2D eigenvalue weighted by Crippen LogP contribution is -2.19. The van der Waals surface area contributed by atoms with Gasteiger partial charge in [-0.2, -0.15) is 0 Å². The summed E-state index contributed by atoms with van der Waals surface area (Å²) in [6.07, 6.45) is 2.82. The van der Waals surface area contributed by atoms with Crippen molar-refractivity contribution in [1.29, 1.82) is 0 Å². The number of aromatic nitrogens is 3. The quantitative estimate of drug-likeness (QED) is 0.809. The fraction of sp³-hybridized carbons (Fsp3) is 0.462. The third-order valence-corrected chi connectivity index (χ3v) is 2.63. The Morgan fingerprint density at radius 2 is 2.30 bits per heavy atom. The molecule has 0 saturated carbocycles. The summed E-state index contributed by atoms with van der Waals surface area (Å²) in [5.41, 5.74) is 0.358. The minimum atomic E-state index is -0.467. The van der Waals surface area contributed by atoms with E-state index in [9.17, 15) is 4.79 Å². The van der Waals surface area contributed by atoms with Crippen LogP contribution in [0.4, 0.5) is 0 Å². The Balaban J connectivity index is 1.95. The number of nitrogens with zero attached hydrogens (tertiary/aromatic N) is 3. The zero-order chi connectivity index (χ0) is 14.5. The number of aromatic hydroxyl groups is 1. The van der Waals surface area contributed by atoms with Crippen LogP contribution in [0, 0.1) is 5.92 Å². The molecule has 0 spiro atoms. The van der Waals surface area contributed by atoms with Crippen molar-refractivity contribution in [1.82, 2.24) is 20.3 Å². The minimum absolute atomic E-state index is 0.298. The van der Waals surface area contributed by atoms with Crippen LogP contribution < -0.4 is 10.7 Å². The zero-order valence-electron chi connectivity index (χ0n) is 11.5. The van der Waals surface area contributed by atoms with Crippen molar-refractivity contribution in [3.05, 3.63) is 40.2 Å². The first kappa shape index (κ1) is 14.3. The molecular weight excluding hydrogens is 260 g/mol. The molecule has 0 atom stereocenters. The fourth-order valence-corrected chi connectivity index (χ4v) is 1.67. The lowest BCUT2D eigenvalue weighted by Gasteiger charge is -2.04. The van der Waals surface area contributed by atoms with Crippen LogP contribution in [0.1, 0.15) is 25.3 Å². The monoisotopic (exact) mass is 278 g/mol. The highest BCUT2D eigenvalue weighted by Gasteiger charge is 2.05. The van der Waals surface area contributed by atoms with Crippen molar-refractivity contribution >= 4 is 0 Å². The van der Waals surface area contributed by atoms with E-state index in [0.29, 0.717) is 24.8 Å². The van der Waals surface area contributed by atoms with Gasteiger partial charge in [0.1, 0.15) is 18.6 Å². The lowest BCUT2D eigenvalue weighted by atomic mass is 10.2. The zero-order valence-corrected chi connectivity index (χ0v) is 11.5. The van der Waals surface area contributed by atoms with Crippen molar-refractivity contribution in [2.75, 3.05) is 6.54 Å². The van der Waals surface area contributed by atoms with Crippen molar-refractivity contribution in [2.45, 2.75) is 26.9 Å². The van der Waals surface area contributed by atoms with E-state index in [-0.39, 0.29) is 0 Å². The van der Waals surface area contributed by atoms with Crippen LogP contribution in [-0.2, 0) is 13.1 Å². The maximum Gasteiger partial charge on any atom is 0.226 e. The van der Waals surface area contributed by atoms with E-state index in [0.717, 1.165) is 18.5 Å². The predicted molar refractivity (Wildman–Crippen MR) is 72.3 cm³/mol. The van der Waals surface area contributed by atoms with Gasteiger partial charge in [0.15, 0.2) is 5.75 Å². The Morgan fingerprint density at radius 1 is 1.50 bits per heavy atom. The molecule has 0 fully saturated rings. The third-order valence-electron chi connectivity index (χ3n) is 2.63. The molecule has 2 heterocycles. The maximum absolute atomic E-state index is 11.3. The lowest BCUT2D eigenvalue weighted by molar-refractivity contribution is 0.403. The van der Waals surface area contributed by atoms with Crippen LogP contribution in [0.25, 0.3) is 0 Å². The van der Waals surface area contributed by atoms with Crippen molar-refractivity contribution in [3.8, 4) is 5.75 Å². The Hall–Kier alpha value is -2.15. The first-order valence-electron chi connectivity index (χ1n) is 6.45. The summed E-state index contributed by atoms with van der Waals surface area (Å²) in [6.45, 7) is 6.14. The summed E-state index contributed by atoms with van der Waals surface area (Å²) in [7, 11) is 0. The highest BCUT2D eigenvalue weighted by atomic mass is 16.4. The molecule has 0 aromatic carbocycles. The third kappa shape index (κ3) is 3.92. The van der Waals surface area contributed by atoms with Gasteiger partial charge in [0, 0.05) is 12.6 Å². The molecule has 0 amide bonds. The molecule has 7 nitrogen and oxygen atoms in total. The van der Waals surface area contributed by atoms with Crippen LogP contribution in [-0.4, -0.2) is 26.6 Å². The van der Waals surface area contributed by atoms with E-state index in [4.69, 9.17) is 9.52 Å². The highest BCUT2D eigenvalue weighted by molar-refractivity contribution is 5.15. The molecule has 0 unspecified atom stereocenters. The average Bonchev–Trinajstić information content (AvgIpc) is 2.81. The van der Waals surface area contributed by atoms with E-state index < -0.39 is 11.2 Å². The van der Waals surface area contributed by atoms with E-state index in [1.54, 1.807) is 10.9 Å². The van der Waals surface area contributed by atoms with E-state index in [1.807, 2.05) is 0 Å². The maximum atomic E-state index is 11.3. The SMILES string of the molecule is CC(C)CNCc1cn(Cc2cc(=O)c(O)co2)nn1. The number of rotatable bonds is 6. The molecule has 0 aliphatic rings. The second-order valence-electron chi connectivity index (χ2n) is 5.03. The minimum Gasteiger partial charge on any atom is -0.502 e. The van der Waals surface area contributed by atoms with Gasteiger partial charge in [-0.05, 0) is 12.5 Å². The van der Waals surface area contributed by atoms with Crippen LogP contribution in [0.3, 0.4) is 0 Å². The van der Waals surface area contributed by atoms with Gasteiger partial charge in [-0.15, -0.1) is 5.10 Å². The van der Waals surface area contributed by atoms with Crippen LogP contribution in [0.15, 0.2) is 27.7 Å². The normalized spacial score (nSPS) is 11.2. The van der Waals surface area contributed by atoms with Crippen LogP contribution >= 0.6 is 0 Å². The molecule has 20 heavy (non-hydrogen) atoms. The van der Waals surface area contributed by atoms with Crippen LogP contribution in [0.2, 0.25) is 0 Å². The Bertz CT molecular complexity index is 618. The summed E-state index contributed by atoms with van der Waals surface area (Å²) < 4.78 is 6.70. The average molecular weight is 278 g/mol. The summed E-state index contributed by atoms with van der Waals surface area (Å²) >= 11 is 0. The molecule has 0 radical (unpaired) electrons. The highest BCUT2D eigenvalue weighted by Crippen LogP contribution is 2.05. The first-order chi connectivity index (χ1) is 9.54. The first-order valence-corrected chi connectivity index (χ1v) is 6.45. The van der Waals surface area contributed by atoms with Crippen molar-refractivity contribution in [2.24, 2.45) is 5.92 Å². The van der Waals surface area contributed by atoms with E-state index in [2.05, 4.69) is 29.5 Å². The predicted octanol–water partition coefficient (Wildman–Crippen LogP) is 0.731. The van der Waals surface area contributed by atoms with E-state index >= 15 is 0 Å². The van der Waals surface area contributed by atoms with Gasteiger partial charge < -0.3 is 14.8 Å². The van der Waals surface area contributed by atoms with Gasteiger partial charge >= 0.3 is 0 Å². The molecule has 2 N–H and O–H groups in total. The Morgan fingerprint density at radius 3 is 3.00 bits per heavy atom. The summed E-state index contributed by atoms with van der Waals surface area (Å²) in [5.74, 6) is 0.599. The molecule has 2 aromatic rings. The van der Waals surface area contributed by atoms with E-state index in [1.165, 1.54) is 6.07 Å². The molecule has 0 aliphatic carbocycles. The van der Waals surface area contributed by atoms with Crippen LogP contribution in [0.5, 0.6) is 5.75 Å². The Kier molecular flexibility index (Phi) is 4.52. The molecule has 0 aliphatic heterocycles. The number of hydrogen-bond donors (Lipinski definition) is 2. The smallest absolute Gasteiger partial charge is 0.226 e. The Labute approximate surface area is 116 Å². The molecule has 2 aromatic heterocycles. The fourth-order valence-electron chi connectivity index (χ4n) is 1.67. The van der Waals surface area contributed by atoms with Gasteiger partial charge in [0.25, 0.3) is 0 Å². The standard InChI is InChI=1S/C13H18N4O3/c1-9(2)4-14-5-10-6-17(16-15-10)7-11-3-12(18)13(19)8-20-11/h3,6,8-9,14,19H,4-5,7H2,1-2H3. The van der Waals surface area contributed by atoms with Gasteiger partial charge in [-0.25, -0.2) is 4.68 Å². The molecular formula is C13H18N4O3. The van der Waals surface area contributed by atoms with Crippen molar-refractivity contribution < 1.29 is 9.52 Å². The number of hydrogen-bond acceptors (Lipinski definition) is 6. The van der Waals surface area contributed by atoms with Gasteiger partial charge in [0.2, 0.25) is 5.43 Å².